The van der Waals surface area contributed by atoms with E-state index >= 15 is 0 Å². The molecule has 3 rings (SSSR count). The Morgan fingerprint density at radius 2 is 1.96 bits per heavy atom. The van der Waals surface area contributed by atoms with Crippen LogP contribution in [-0.2, 0) is 15.3 Å². The number of benzene rings is 1. The van der Waals surface area contributed by atoms with Gasteiger partial charge in [-0.25, -0.2) is 9.78 Å². The van der Waals surface area contributed by atoms with Gasteiger partial charge in [0, 0.05) is 28.9 Å². The predicted octanol–water partition coefficient (Wildman–Crippen LogP) is 4.69. The van der Waals surface area contributed by atoms with E-state index in [1.54, 1.807) is 29.2 Å². The second-order valence-corrected chi connectivity index (χ2v) is 9.29. The van der Waals surface area contributed by atoms with Gasteiger partial charge in [0.1, 0.15) is 4.34 Å². The molecule has 0 unspecified atom stereocenters. The number of esters is 1. The summed E-state index contributed by atoms with van der Waals surface area (Å²) in [5.41, 5.74) is 2.40. The SMILES string of the molecule is Cc1csc(SCc2ccccc2C(=O)OCC(=O)N2[C@H](C)CCC[C@H]2C)n1. The fourth-order valence-electron chi connectivity index (χ4n) is 3.58. The Labute approximate surface area is 174 Å². The number of carbonyl (C=O) groups excluding carboxylic acids is 2. The maximum Gasteiger partial charge on any atom is 0.338 e. The molecule has 0 aliphatic carbocycles. The fourth-order valence-corrected chi connectivity index (χ4v) is 5.43. The third kappa shape index (κ3) is 5.14. The van der Waals surface area contributed by atoms with Crippen molar-refractivity contribution in [3.05, 3.63) is 46.5 Å². The molecule has 1 aromatic heterocycles. The Morgan fingerprint density at radius 1 is 1.25 bits per heavy atom. The first kappa shape index (κ1) is 20.9. The zero-order valence-corrected chi connectivity index (χ0v) is 18.1. The molecular formula is C21H26N2O3S2. The summed E-state index contributed by atoms with van der Waals surface area (Å²) >= 11 is 3.20. The van der Waals surface area contributed by atoms with Crippen LogP contribution in [0.4, 0.5) is 0 Å². The molecule has 1 fully saturated rings. The Balaban J connectivity index is 1.60. The number of aryl methyl sites for hydroxylation is 1. The average Bonchev–Trinajstić information content (AvgIpc) is 3.10. The minimum atomic E-state index is -0.447. The second kappa shape index (κ2) is 9.56. The number of rotatable bonds is 6. The molecular weight excluding hydrogens is 392 g/mol. The van der Waals surface area contributed by atoms with Crippen molar-refractivity contribution in [2.45, 2.75) is 62.2 Å². The molecule has 1 aliphatic heterocycles. The van der Waals surface area contributed by atoms with Crippen LogP contribution in [0.25, 0.3) is 0 Å². The molecule has 7 heteroatoms. The quantitative estimate of drug-likeness (QED) is 0.503. The standard InChI is InChI=1S/C21H26N2O3S2/c1-14-12-27-21(22-14)28-13-17-9-4-5-10-18(17)20(25)26-11-19(24)23-15(2)7-6-8-16(23)3/h4-5,9-10,12,15-16H,6-8,11,13H2,1-3H3/t15-,16-/m1/s1. The molecule has 0 bridgehead atoms. The summed E-state index contributed by atoms with van der Waals surface area (Å²) in [6.07, 6.45) is 3.14. The van der Waals surface area contributed by atoms with E-state index in [-0.39, 0.29) is 24.6 Å². The highest BCUT2D eigenvalue weighted by atomic mass is 32.2. The van der Waals surface area contributed by atoms with Gasteiger partial charge in [-0.3, -0.25) is 4.79 Å². The van der Waals surface area contributed by atoms with Crippen LogP contribution in [0.5, 0.6) is 0 Å². The summed E-state index contributed by atoms with van der Waals surface area (Å²) in [5, 5.41) is 2.01. The highest BCUT2D eigenvalue weighted by Crippen LogP contribution is 2.27. The maximum absolute atomic E-state index is 12.6. The summed E-state index contributed by atoms with van der Waals surface area (Å²) in [4.78, 5) is 31.5. The van der Waals surface area contributed by atoms with Gasteiger partial charge in [-0.15, -0.1) is 11.3 Å². The van der Waals surface area contributed by atoms with Crippen molar-refractivity contribution in [1.82, 2.24) is 9.88 Å². The molecule has 2 atom stereocenters. The van der Waals surface area contributed by atoms with Gasteiger partial charge >= 0.3 is 5.97 Å². The number of hydrogen-bond donors (Lipinski definition) is 0. The Morgan fingerprint density at radius 3 is 2.64 bits per heavy atom. The topological polar surface area (TPSA) is 59.5 Å². The second-order valence-electron chi connectivity index (χ2n) is 7.21. The lowest BCUT2D eigenvalue weighted by molar-refractivity contribution is -0.140. The number of amides is 1. The van der Waals surface area contributed by atoms with Crippen LogP contribution < -0.4 is 0 Å². The molecule has 1 aliphatic rings. The zero-order valence-electron chi connectivity index (χ0n) is 16.5. The van der Waals surface area contributed by atoms with Crippen LogP contribution in [0.3, 0.4) is 0 Å². The summed E-state index contributed by atoms with van der Waals surface area (Å²) < 4.78 is 6.36. The maximum atomic E-state index is 12.6. The molecule has 0 N–H and O–H groups in total. The summed E-state index contributed by atoms with van der Waals surface area (Å²) in [7, 11) is 0. The third-order valence-electron chi connectivity index (χ3n) is 4.99. The third-order valence-corrected chi connectivity index (χ3v) is 7.18. The zero-order chi connectivity index (χ0) is 20.1. The molecule has 0 radical (unpaired) electrons. The summed E-state index contributed by atoms with van der Waals surface area (Å²) in [6.45, 7) is 5.87. The van der Waals surface area contributed by atoms with Crippen molar-refractivity contribution in [2.75, 3.05) is 6.61 Å². The number of likely N-dealkylation sites (tertiary alicyclic amines) is 1. The number of nitrogens with zero attached hydrogens (tertiary/aromatic N) is 2. The fraction of sp³-hybridized carbons (Fsp3) is 0.476. The minimum Gasteiger partial charge on any atom is -0.452 e. The van der Waals surface area contributed by atoms with Gasteiger partial charge in [-0.1, -0.05) is 30.0 Å². The van der Waals surface area contributed by atoms with E-state index in [2.05, 4.69) is 18.8 Å². The van der Waals surface area contributed by atoms with Gasteiger partial charge in [-0.05, 0) is 51.7 Å². The number of carbonyl (C=O) groups is 2. The van der Waals surface area contributed by atoms with E-state index < -0.39 is 5.97 Å². The minimum absolute atomic E-state index is 0.113. The summed E-state index contributed by atoms with van der Waals surface area (Å²) in [6, 6.07) is 7.78. The first-order chi connectivity index (χ1) is 13.5. The molecule has 1 amide bonds. The van der Waals surface area contributed by atoms with Crippen LogP contribution in [0.1, 0.15) is 54.7 Å². The van der Waals surface area contributed by atoms with Gasteiger partial charge in [-0.2, -0.15) is 0 Å². The number of aromatic nitrogens is 1. The van der Waals surface area contributed by atoms with Crippen molar-refractivity contribution in [3.63, 3.8) is 0 Å². The van der Waals surface area contributed by atoms with E-state index in [4.69, 9.17) is 4.74 Å². The van der Waals surface area contributed by atoms with Crippen molar-refractivity contribution in [2.24, 2.45) is 0 Å². The van der Waals surface area contributed by atoms with Crippen molar-refractivity contribution in [3.8, 4) is 0 Å². The van der Waals surface area contributed by atoms with Gasteiger partial charge in [0.25, 0.3) is 5.91 Å². The molecule has 2 aromatic rings. The predicted molar refractivity (Wildman–Crippen MR) is 113 cm³/mol. The number of thioether (sulfide) groups is 1. The van der Waals surface area contributed by atoms with Gasteiger partial charge in [0.2, 0.25) is 0 Å². The van der Waals surface area contributed by atoms with E-state index in [1.165, 1.54) is 0 Å². The van der Waals surface area contributed by atoms with Gasteiger partial charge in [0.15, 0.2) is 6.61 Å². The Bertz CT molecular complexity index is 827. The molecule has 0 spiro atoms. The van der Waals surface area contributed by atoms with Crippen LogP contribution in [0.2, 0.25) is 0 Å². The van der Waals surface area contributed by atoms with Gasteiger partial charge in [0.05, 0.1) is 5.56 Å². The van der Waals surface area contributed by atoms with Crippen LogP contribution >= 0.6 is 23.1 Å². The van der Waals surface area contributed by atoms with Crippen LogP contribution in [0.15, 0.2) is 34.0 Å². The summed E-state index contributed by atoms with van der Waals surface area (Å²) in [5.74, 6) is 0.0715. The lowest BCUT2D eigenvalue weighted by Gasteiger charge is -2.38. The van der Waals surface area contributed by atoms with E-state index in [0.717, 1.165) is 34.9 Å². The van der Waals surface area contributed by atoms with Gasteiger partial charge < -0.3 is 9.64 Å². The highest BCUT2D eigenvalue weighted by molar-refractivity contribution is 8.00. The molecule has 1 saturated heterocycles. The lowest BCUT2D eigenvalue weighted by Crippen LogP contribution is -2.49. The first-order valence-electron chi connectivity index (χ1n) is 9.57. The molecule has 2 heterocycles. The monoisotopic (exact) mass is 418 g/mol. The smallest absolute Gasteiger partial charge is 0.338 e. The van der Waals surface area contributed by atoms with Crippen LogP contribution in [0, 0.1) is 6.92 Å². The average molecular weight is 419 g/mol. The molecule has 28 heavy (non-hydrogen) atoms. The van der Waals surface area contributed by atoms with E-state index in [0.29, 0.717) is 11.3 Å². The largest absolute Gasteiger partial charge is 0.452 e. The number of hydrogen-bond acceptors (Lipinski definition) is 6. The van der Waals surface area contributed by atoms with E-state index in [9.17, 15) is 9.59 Å². The molecule has 150 valence electrons. The Hall–Kier alpha value is -1.86. The van der Waals surface area contributed by atoms with Crippen molar-refractivity contribution in [1.29, 1.82) is 0 Å². The highest BCUT2D eigenvalue weighted by Gasteiger charge is 2.29. The normalized spacial score (nSPS) is 19.5. The first-order valence-corrected chi connectivity index (χ1v) is 11.4. The molecule has 5 nitrogen and oxygen atoms in total. The van der Waals surface area contributed by atoms with Crippen LogP contribution in [-0.4, -0.2) is 40.5 Å². The number of ether oxygens (including phenoxy) is 1. The number of thiazole rings is 1. The molecule has 0 saturated carbocycles. The van der Waals surface area contributed by atoms with E-state index in [1.807, 2.05) is 35.4 Å². The molecule has 1 aromatic carbocycles. The van der Waals surface area contributed by atoms with Crippen molar-refractivity contribution < 1.29 is 14.3 Å². The Kier molecular flexibility index (Phi) is 7.13. The van der Waals surface area contributed by atoms with Crippen molar-refractivity contribution >= 4 is 35.0 Å². The number of piperidine rings is 1. The lowest BCUT2D eigenvalue weighted by atomic mass is 9.97.